The molecule has 0 radical (unpaired) electrons. The molecular formula is C17H26N4. The van der Waals surface area contributed by atoms with Crippen molar-refractivity contribution < 1.29 is 0 Å². The van der Waals surface area contributed by atoms with Gasteiger partial charge in [-0.25, -0.2) is 9.67 Å². The van der Waals surface area contributed by atoms with Gasteiger partial charge >= 0.3 is 0 Å². The molecular weight excluding hydrogens is 260 g/mol. The topological polar surface area (TPSA) is 42.7 Å². The quantitative estimate of drug-likeness (QED) is 0.884. The van der Waals surface area contributed by atoms with Crippen LogP contribution >= 0.6 is 0 Å². The summed E-state index contributed by atoms with van der Waals surface area (Å²) >= 11 is 0. The molecule has 0 aromatic carbocycles. The largest absolute Gasteiger partial charge is 0.312 e. The van der Waals surface area contributed by atoms with Gasteiger partial charge in [0.1, 0.15) is 0 Å². The van der Waals surface area contributed by atoms with Crippen molar-refractivity contribution in [2.75, 3.05) is 6.54 Å². The van der Waals surface area contributed by atoms with E-state index in [0.29, 0.717) is 11.8 Å². The minimum absolute atomic E-state index is 0.408. The van der Waals surface area contributed by atoms with Gasteiger partial charge in [0.25, 0.3) is 0 Å². The summed E-state index contributed by atoms with van der Waals surface area (Å²) in [5.74, 6) is 1.96. The Morgan fingerprint density at radius 2 is 2.00 bits per heavy atom. The zero-order chi connectivity index (χ0) is 15.4. The van der Waals surface area contributed by atoms with Crippen molar-refractivity contribution in [2.24, 2.45) is 5.92 Å². The van der Waals surface area contributed by atoms with Crippen LogP contribution < -0.4 is 5.32 Å². The van der Waals surface area contributed by atoms with Crippen molar-refractivity contribution in [1.29, 1.82) is 0 Å². The first-order valence-corrected chi connectivity index (χ1v) is 7.69. The normalized spacial score (nSPS) is 11.6. The predicted molar refractivity (Wildman–Crippen MR) is 86.7 cm³/mol. The van der Waals surface area contributed by atoms with Crippen LogP contribution in [-0.2, 0) is 6.54 Å². The van der Waals surface area contributed by atoms with Gasteiger partial charge in [-0.2, -0.15) is 5.10 Å². The third-order valence-corrected chi connectivity index (χ3v) is 3.42. The molecule has 0 atom stereocenters. The maximum atomic E-state index is 4.56. The Morgan fingerprint density at radius 1 is 1.24 bits per heavy atom. The summed E-state index contributed by atoms with van der Waals surface area (Å²) in [6.45, 7) is 12.8. The van der Waals surface area contributed by atoms with Crippen LogP contribution in [0.1, 0.15) is 50.4 Å². The molecule has 0 aliphatic carbocycles. The molecule has 1 N–H and O–H groups in total. The standard InChI is InChI=1S/C17H26N4/c1-12(2)9-18-10-15-11-20-21(17(15)13(3)4)16-8-14(5)6-7-19-16/h6-8,11-13,18H,9-10H2,1-5H3. The van der Waals surface area contributed by atoms with E-state index in [1.165, 1.54) is 16.8 Å². The molecule has 2 aromatic heterocycles. The second-order valence-corrected chi connectivity index (χ2v) is 6.34. The lowest BCUT2D eigenvalue weighted by atomic mass is 10.1. The first-order chi connectivity index (χ1) is 9.99. The van der Waals surface area contributed by atoms with Gasteiger partial charge in [-0.1, -0.05) is 27.7 Å². The second kappa shape index (κ2) is 6.85. The Hall–Kier alpha value is -1.68. The number of pyridine rings is 1. The first-order valence-electron chi connectivity index (χ1n) is 7.69. The summed E-state index contributed by atoms with van der Waals surface area (Å²) in [5.41, 5.74) is 3.70. The summed E-state index contributed by atoms with van der Waals surface area (Å²) in [7, 11) is 0. The Balaban J connectivity index is 2.28. The van der Waals surface area contributed by atoms with E-state index in [9.17, 15) is 0 Å². The third-order valence-electron chi connectivity index (χ3n) is 3.42. The molecule has 2 rings (SSSR count). The molecule has 0 spiro atoms. The minimum atomic E-state index is 0.408. The monoisotopic (exact) mass is 286 g/mol. The molecule has 0 fully saturated rings. The van der Waals surface area contributed by atoms with E-state index in [2.05, 4.69) is 56.1 Å². The van der Waals surface area contributed by atoms with Crippen LogP contribution in [-0.4, -0.2) is 21.3 Å². The molecule has 0 amide bonds. The minimum Gasteiger partial charge on any atom is -0.312 e. The molecule has 2 aromatic rings. The van der Waals surface area contributed by atoms with Crippen LogP contribution in [0.5, 0.6) is 0 Å². The fraction of sp³-hybridized carbons (Fsp3) is 0.529. The number of nitrogens with zero attached hydrogens (tertiary/aromatic N) is 3. The fourth-order valence-electron chi connectivity index (χ4n) is 2.46. The smallest absolute Gasteiger partial charge is 0.153 e. The summed E-state index contributed by atoms with van der Waals surface area (Å²) < 4.78 is 1.98. The SMILES string of the molecule is Cc1ccnc(-n2ncc(CNCC(C)C)c2C(C)C)c1. The van der Waals surface area contributed by atoms with Crippen LogP contribution in [0.25, 0.3) is 5.82 Å². The zero-order valence-electron chi connectivity index (χ0n) is 13.7. The summed E-state index contributed by atoms with van der Waals surface area (Å²) in [6.07, 6.45) is 3.81. The molecule has 4 heteroatoms. The number of nitrogens with one attached hydrogen (secondary N) is 1. The molecule has 4 nitrogen and oxygen atoms in total. The van der Waals surface area contributed by atoms with Crippen molar-refractivity contribution in [2.45, 2.75) is 47.1 Å². The van der Waals surface area contributed by atoms with Gasteiger partial charge in [0.2, 0.25) is 0 Å². The van der Waals surface area contributed by atoms with Crippen molar-refractivity contribution in [1.82, 2.24) is 20.1 Å². The molecule has 21 heavy (non-hydrogen) atoms. The van der Waals surface area contributed by atoms with E-state index in [-0.39, 0.29) is 0 Å². The van der Waals surface area contributed by atoms with E-state index in [0.717, 1.165) is 18.9 Å². The van der Waals surface area contributed by atoms with Gasteiger partial charge in [-0.3, -0.25) is 0 Å². The number of aryl methyl sites for hydroxylation is 1. The summed E-state index contributed by atoms with van der Waals surface area (Å²) in [4.78, 5) is 4.45. The summed E-state index contributed by atoms with van der Waals surface area (Å²) in [5, 5.41) is 8.06. The van der Waals surface area contributed by atoms with Gasteiger partial charge in [0.05, 0.1) is 11.9 Å². The molecule has 0 saturated carbocycles. The van der Waals surface area contributed by atoms with Gasteiger partial charge in [0, 0.05) is 18.3 Å². The van der Waals surface area contributed by atoms with Crippen LogP contribution in [0.15, 0.2) is 24.5 Å². The van der Waals surface area contributed by atoms with Gasteiger partial charge in [0.15, 0.2) is 5.82 Å². The van der Waals surface area contributed by atoms with Gasteiger partial charge in [-0.15, -0.1) is 0 Å². The molecule has 0 bridgehead atoms. The maximum absolute atomic E-state index is 4.56. The lowest BCUT2D eigenvalue weighted by Crippen LogP contribution is -2.20. The Morgan fingerprint density at radius 3 is 2.62 bits per heavy atom. The second-order valence-electron chi connectivity index (χ2n) is 6.34. The molecule has 114 valence electrons. The highest BCUT2D eigenvalue weighted by Gasteiger charge is 2.16. The average Bonchev–Trinajstić information content (AvgIpc) is 2.82. The van der Waals surface area contributed by atoms with Crippen molar-refractivity contribution in [3.05, 3.63) is 41.3 Å². The molecule has 0 aliphatic heterocycles. The Labute approximate surface area is 127 Å². The van der Waals surface area contributed by atoms with E-state index >= 15 is 0 Å². The highest BCUT2D eigenvalue weighted by Crippen LogP contribution is 2.22. The van der Waals surface area contributed by atoms with Crippen molar-refractivity contribution in [3.8, 4) is 5.82 Å². The van der Waals surface area contributed by atoms with E-state index in [1.54, 1.807) is 0 Å². The predicted octanol–water partition coefficient (Wildman–Crippen LogP) is 3.44. The van der Waals surface area contributed by atoms with E-state index in [1.807, 2.05) is 23.1 Å². The average molecular weight is 286 g/mol. The van der Waals surface area contributed by atoms with Crippen molar-refractivity contribution in [3.63, 3.8) is 0 Å². The summed E-state index contributed by atoms with van der Waals surface area (Å²) in [6, 6.07) is 4.08. The third kappa shape index (κ3) is 3.91. The lowest BCUT2D eigenvalue weighted by molar-refractivity contribution is 0.549. The molecule has 0 aliphatic rings. The van der Waals surface area contributed by atoms with E-state index in [4.69, 9.17) is 0 Å². The Kier molecular flexibility index (Phi) is 5.12. The highest BCUT2D eigenvalue weighted by molar-refractivity contribution is 5.33. The molecule has 0 unspecified atom stereocenters. The zero-order valence-corrected chi connectivity index (χ0v) is 13.7. The maximum Gasteiger partial charge on any atom is 0.153 e. The van der Waals surface area contributed by atoms with Crippen LogP contribution in [0.3, 0.4) is 0 Å². The van der Waals surface area contributed by atoms with Crippen LogP contribution in [0, 0.1) is 12.8 Å². The van der Waals surface area contributed by atoms with Gasteiger partial charge < -0.3 is 5.32 Å². The number of hydrogen-bond acceptors (Lipinski definition) is 3. The lowest BCUT2D eigenvalue weighted by Gasteiger charge is -2.13. The first kappa shape index (κ1) is 15.7. The molecule has 0 saturated heterocycles. The number of aromatic nitrogens is 3. The van der Waals surface area contributed by atoms with Gasteiger partial charge in [-0.05, 0) is 43.0 Å². The number of rotatable bonds is 6. The Bertz CT molecular complexity index is 584. The fourth-order valence-corrected chi connectivity index (χ4v) is 2.46. The van der Waals surface area contributed by atoms with E-state index < -0.39 is 0 Å². The van der Waals surface area contributed by atoms with Crippen LogP contribution in [0.4, 0.5) is 0 Å². The molecule has 2 heterocycles. The highest BCUT2D eigenvalue weighted by atomic mass is 15.3. The van der Waals surface area contributed by atoms with Crippen LogP contribution in [0.2, 0.25) is 0 Å². The van der Waals surface area contributed by atoms with Crippen molar-refractivity contribution >= 4 is 0 Å². The number of hydrogen-bond donors (Lipinski definition) is 1.